The summed E-state index contributed by atoms with van der Waals surface area (Å²) in [6.45, 7) is 0.261. The van der Waals surface area contributed by atoms with Gasteiger partial charge in [-0.3, -0.25) is 4.79 Å². The van der Waals surface area contributed by atoms with Gasteiger partial charge in [-0.2, -0.15) is 0 Å². The average molecular weight is 383 g/mol. The van der Waals surface area contributed by atoms with Crippen molar-refractivity contribution in [3.8, 4) is 11.5 Å². The fraction of sp³-hybridized carbons (Fsp3) is 0.316. The number of halogens is 3. The third-order valence-electron chi connectivity index (χ3n) is 3.50. The molecule has 0 aliphatic rings. The van der Waals surface area contributed by atoms with Gasteiger partial charge < -0.3 is 19.1 Å². The van der Waals surface area contributed by atoms with Gasteiger partial charge in [-0.25, -0.2) is 0 Å². The molecule has 0 atom stereocenters. The molecule has 2 aromatic carbocycles. The summed E-state index contributed by atoms with van der Waals surface area (Å²) < 4.78 is 52.0. The molecule has 1 amide bonds. The van der Waals surface area contributed by atoms with E-state index in [9.17, 15) is 18.0 Å². The number of carbonyl (C=O) groups excluding carboxylic acids is 1. The van der Waals surface area contributed by atoms with Crippen molar-refractivity contribution in [3.63, 3.8) is 0 Å². The molecule has 146 valence electrons. The van der Waals surface area contributed by atoms with E-state index in [0.717, 1.165) is 0 Å². The Labute approximate surface area is 155 Å². The van der Waals surface area contributed by atoms with Crippen LogP contribution in [0.25, 0.3) is 0 Å². The van der Waals surface area contributed by atoms with E-state index in [1.807, 2.05) is 18.2 Å². The molecular weight excluding hydrogens is 363 g/mol. The highest BCUT2D eigenvalue weighted by Gasteiger charge is 2.32. The zero-order chi connectivity index (χ0) is 19.7. The van der Waals surface area contributed by atoms with Crippen molar-refractivity contribution < 1.29 is 32.2 Å². The van der Waals surface area contributed by atoms with E-state index in [0.29, 0.717) is 5.75 Å². The number of nitrogens with zero attached hydrogens (tertiary/aromatic N) is 1. The van der Waals surface area contributed by atoms with E-state index >= 15 is 0 Å². The predicted molar refractivity (Wildman–Crippen MR) is 92.4 cm³/mol. The van der Waals surface area contributed by atoms with Crippen LogP contribution in [-0.4, -0.2) is 44.0 Å². The lowest BCUT2D eigenvalue weighted by Crippen LogP contribution is -2.31. The molecule has 0 heterocycles. The molecule has 0 spiro atoms. The van der Waals surface area contributed by atoms with E-state index < -0.39 is 6.36 Å². The fourth-order valence-electron chi connectivity index (χ4n) is 2.21. The molecule has 0 N–H and O–H groups in total. The number of hydrogen-bond donors (Lipinski definition) is 0. The van der Waals surface area contributed by atoms with Crippen molar-refractivity contribution in [2.45, 2.75) is 12.9 Å². The zero-order valence-corrected chi connectivity index (χ0v) is 14.7. The van der Waals surface area contributed by atoms with Crippen LogP contribution in [-0.2, 0) is 16.1 Å². The smallest absolute Gasteiger partial charge is 0.491 e. The van der Waals surface area contributed by atoms with Crippen molar-refractivity contribution in [2.75, 3.05) is 26.9 Å². The number of rotatable bonds is 9. The summed E-state index contributed by atoms with van der Waals surface area (Å²) in [4.78, 5) is 13.3. The molecular formula is C19H20F3NO4. The average Bonchev–Trinajstić information content (AvgIpc) is 2.62. The highest BCUT2D eigenvalue weighted by Crippen LogP contribution is 2.26. The van der Waals surface area contributed by atoms with Gasteiger partial charge in [-0.1, -0.05) is 36.4 Å². The van der Waals surface area contributed by atoms with Crippen LogP contribution >= 0.6 is 0 Å². The Balaban J connectivity index is 1.75. The summed E-state index contributed by atoms with van der Waals surface area (Å²) >= 11 is 0. The number of alkyl halides is 3. The van der Waals surface area contributed by atoms with Gasteiger partial charge in [-0.15, -0.1) is 13.2 Å². The summed E-state index contributed by atoms with van der Waals surface area (Å²) in [6.07, 6.45) is -4.79. The van der Waals surface area contributed by atoms with Crippen LogP contribution < -0.4 is 9.47 Å². The molecule has 0 aliphatic heterocycles. The van der Waals surface area contributed by atoms with Crippen LogP contribution in [0, 0.1) is 0 Å². The summed E-state index contributed by atoms with van der Waals surface area (Å²) in [6, 6.07) is 14.9. The second-order valence-corrected chi connectivity index (χ2v) is 5.62. The highest BCUT2D eigenvalue weighted by atomic mass is 19.4. The minimum atomic E-state index is -4.79. The molecule has 0 aliphatic carbocycles. The van der Waals surface area contributed by atoms with Crippen LogP contribution in [0.3, 0.4) is 0 Å². The van der Waals surface area contributed by atoms with Gasteiger partial charge in [0, 0.05) is 19.2 Å². The van der Waals surface area contributed by atoms with Crippen molar-refractivity contribution in [2.24, 2.45) is 0 Å². The molecule has 2 rings (SSSR count). The normalized spacial score (nSPS) is 11.1. The third-order valence-corrected chi connectivity index (χ3v) is 3.50. The molecule has 5 nitrogen and oxygen atoms in total. The van der Waals surface area contributed by atoms with Gasteiger partial charge in [0.2, 0.25) is 5.91 Å². The van der Waals surface area contributed by atoms with Crippen molar-refractivity contribution in [3.05, 3.63) is 60.2 Å². The molecule has 0 unspecified atom stereocenters. The Kier molecular flexibility index (Phi) is 7.48. The summed E-state index contributed by atoms with van der Waals surface area (Å²) in [5.74, 6) is 0.00386. The largest absolute Gasteiger partial charge is 0.573 e. The number of carbonyl (C=O) groups is 1. The van der Waals surface area contributed by atoms with E-state index in [1.54, 1.807) is 18.2 Å². The molecule has 0 saturated heterocycles. The number of benzene rings is 2. The number of para-hydroxylation sites is 2. The van der Waals surface area contributed by atoms with Crippen molar-refractivity contribution in [1.82, 2.24) is 4.90 Å². The molecule has 0 fully saturated rings. The molecule has 27 heavy (non-hydrogen) atoms. The molecule has 8 heteroatoms. The molecule has 0 aromatic heterocycles. The standard InChI is InChI=1S/C19H20F3NO4/c1-23(13-15-7-5-6-10-17(15)27-19(20,21)22)18(24)14-25-11-12-26-16-8-3-2-4-9-16/h2-10H,11-14H2,1H3. The molecule has 0 saturated carbocycles. The van der Waals surface area contributed by atoms with Crippen LogP contribution in [0.5, 0.6) is 11.5 Å². The molecule has 2 aromatic rings. The van der Waals surface area contributed by atoms with Gasteiger partial charge in [0.1, 0.15) is 24.7 Å². The number of likely N-dealkylation sites (N-methyl/N-ethyl adjacent to an activating group) is 1. The quantitative estimate of drug-likeness (QED) is 0.621. The van der Waals surface area contributed by atoms with E-state index in [1.165, 1.54) is 30.1 Å². The zero-order valence-electron chi connectivity index (χ0n) is 14.7. The first-order valence-electron chi connectivity index (χ1n) is 8.18. The second kappa shape index (κ2) is 9.82. The summed E-state index contributed by atoms with van der Waals surface area (Å²) in [5, 5.41) is 0. The number of amides is 1. The monoisotopic (exact) mass is 383 g/mol. The lowest BCUT2D eigenvalue weighted by molar-refractivity contribution is -0.275. The van der Waals surface area contributed by atoms with Crippen LogP contribution in [0.1, 0.15) is 5.56 Å². The van der Waals surface area contributed by atoms with E-state index in [4.69, 9.17) is 9.47 Å². The molecule has 0 radical (unpaired) electrons. The molecule has 0 bridgehead atoms. The van der Waals surface area contributed by atoms with Gasteiger partial charge in [0.15, 0.2) is 0 Å². The lowest BCUT2D eigenvalue weighted by Gasteiger charge is -2.20. The first-order chi connectivity index (χ1) is 12.8. The van der Waals surface area contributed by atoms with Gasteiger partial charge in [-0.05, 0) is 18.2 Å². The second-order valence-electron chi connectivity index (χ2n) is 5.62. The fourth-order valence-corrected chi connectivity index (χ4v) is 2.21. The third kappa shape index (κ3) is 7.57. The SMILES string of the molecule is CN(Cc1ccccc1OC(F)(F)F)C(=O)COCCOc1ccccc1. The Morgan fingerprint density at radius 2 is 1.67 bits per heavy atom. The number of hydrogen-bond acceptors (Lipinski definition) is 4. The maximum atomic E-state index is 12.4. The maximum absolute atomic E-state index is 12.4. The minimum absolute atomic E-state index is 0.0328. The van der Waals surface area contributed by atoms with Crippen LogP contribution in [0.4, 0.5) is 13.2 Å². The Bertz CT molecular complexity index is 722. The van der Waals surface area contributed by atoms with Gasteiger partial charge in [0.05, 0.1) is 6.61 Å². The van der Waals surface area contributed by atoms with Crippen molar-refractivity contribution >= 4 is 5.91 Å². The first-order valence-corrected chi connectivity index (χ1v) is 8.18. The van der Waals surface area contributed by atoms with Crippen LogP contribution in [0.15, 0.2) is 54.6 Å². The summed E-state index contributed by atoms with van der Waals surface area (Å²) in [7, 11) is 1.48. The predicted octanol–water partition coefficient (Wildman–Crippen LogP) is 3.64. The maximum Gasteiger partial charge on any atom is 0.573 e. The van der Waals surface area contributed by atoms with Crippen molar-refractivity contribution in [1.29, 1.82) is 0 Å². The van der Waals surface area contributed by atoms with Crippen LogP contribution in [0.2, 0.25) is 0 Å². The van der Waals surface area contributed by atoms with Gasteiger partial charge >= 0.3 is 6.36 Å². The van der Waals surface area contributed by atoms with E-state index in [-0.39, 0.29) is 43.6 Å². The Morgan fingerprint density at radius 3 is 2.37 bits per heavy atom. The Morgan fingerprint density at radius 1 is 1.00 bits per heavy atom. The lowest BCUT2D eigenvalue weighted by atomic mass is 10.2. The van der Waals surface area contributed by atoms with Gasteiger partial charge in [0.25, 0.3) is 0 Å². The minimum Gasteiger partial charge on any atom is -0.491 e. The topological polar surface area (TPSA) is 48.0 Å². The Hall–Kier alpha value is -2.74. The first kappa shape index (κ1) is 20.6. The summed E-state index contributed by atoms with van der Waals surface area (Å²) in [5.41, 5.74) is 0.248. The highest BCUT2D eigenvalue weighted by molar-refractivity contribution is 5.77. The van der Waals surface area contributed by atoms with E-state index in [2.05, 4.69) is 4.74 Å². The number of ether oxygens (including phenoxy) is 3.